The molecule has 1 aromatic carbocycles. The van der Waals surface area contributed by atoms with Gasteiger partial charge in [0.15, 0.2) is 9.84 Å². The molecule has 3 aliphatic carbocycles. The second kappa shape index (κ2) is 7.79. The van der Waals surface area contributed by atoms with Gasteiger partial charge in [-0.25, -0.2) is 13.2 Å². The number of nitrogens with zero attached hydrogens (tertiary/aromatic N) is 4. The molecule has 2 amide bonds. The maximum Gasteiger partial charge on any atom is 0.320 e. The van der Waals surface area contributed by atoms with Gasteiger partial charge >= 0.3 is 6.03 Å². The zero-order valence-corrected chi connectivity index (χ0v) is 21.8. The lowest BCUT2D eigenvalue weighted by Gasteiger charge is -2.60. The molecule has 3 saturated carbocycles. The van der Waals surface area contributed by atoms with E-state index in [1.54, 1.807) is 12.1 Å². The van der Waals surface area contributed by atoms with Crippen molar-refractivity contribution in [1.82, 2.24) is 25.0 Å². The highest BCUT2D eigenvalue weighted by molar-refractivity contribution is 7.90. The average Bonchev–Trinajstić information content (AvgIpc) is 3.34. The van der Waals surface area contributed by atoms with Crippen molar-refractivity contribution in [3.8, 4) is 0 Å². The van der Waals surface area contributed by atoms with Gasteiger partial charge in [-0.1, -0.05) is 12.1 Å². The molecule has 0 bridgehead atoms. The van der Waals surface area contributed by atoms with Crippen LogP contribution in [0.4, 0.5) is 4.79 Å². The van der Waals surface area contributed by atoms with Crippen molar-refractivity contribution >= 4 is 15.9 Å². The largest absolute Gasteiger partial charge is 0.328 e. The molecule has 0 radical (unpaired) electrons. The van der Waals surface area contributed by atoms with Crippen molar-refractivity contribution in [3.63, 3.8) is 0 Å². The summed E-state index contributed by atoms with van der Waals surface area (Å²) < 4.78 is 23.4. The van der Waals surface area contributed by atoms with Crippen molar-refractivity contribution in [2.75, 3.05) is 32.4 Å². The van der Waals surface area contributed by atoms with Crippen molar-refractivity contribution in [1.29, 1.82) is 0 Å². The van der Waals surface area contributed by atoms with Gasteiger partial charge in [0.2, 0.25) is 0 Å². The van der Waals surface area contributed by atoms with Gasteiger partial charge in [-0.05, 0) is 75.0 Å². The first kappa shape index (κ1) is 22.8. The Hall–Kier alpha value is -2.42. The summed E-state index contributed by atoms with van der Waals surface area (Å²) in [5, 5.41) is 8.73. The number of hydrogen-bond acceptors (Lipinski definition) is 5. The molecular formula is C27H35N5O3S. The quantitative estimate of drug-likeness (QED) is 0.662. The minimum absolute atomic E-state index is 0.227. The number of aromatic nitrogens is 3. The zero-order chi connectivity index (χ0) is 24.7. The van der Waals surface area contributed by atoms with Crippen LogP contribution in [0.5, 0.6) is 0 Å². The van der Waals surface area contributed by atoms with E-state index in [4.69, 9.17) is 0 Å². The number of urea groups is 1. The van der Waals surface area contributed by atoms with E-state index in [2.05, 4.69) is 25.0 Å². The highest BCUT2D eigenvalue weighted by atomic mass is 32.2. The van der Waals surface area contributed by atoms with Crippen molar-refractivity contribution in [3.05, 3.63) is 41.5 Å². The van der Waals surface area contributed by atoms with E-state index in [1.165, 1.54) is 37.5 Å². The number of rotatable bonds is 5. The molecule has 1 N–H and O–H groups in total. The summed E-state index contributed by atoms with van der Waals surface area (Å²) in [6.45, 7) is 3.57. The summed E-state index contributed by atoms with van der Waals surface area (Å²) in [5.74, 6) is 3.83. The topological polar surface area (TPSA) is 99.3 Å². The second-order valence-corrected chi connectivity index (χ2v) is 14.7. The summed E-state index contributed by atoms with van der Waals surface area (Å²) >= 11 is 0. The molecule has 8 nitrogen and oxygen atoms in total. The van der Waals surface area contributed by atoms with Crippen LogP contribution in [0.15, 0.2) is 29.2 Å². The van der Waals surface area contributed by atoms with Gasteiger partial charge in [0, 0.05) is 55.1 Å². The number of carbonyl (C=O) groups excluding carboxylic acids is 1. The van der Waals surface area contributed by atoms with Crippen LogP contribution in [-0.4, -0.2) is 71.9 Å². The van der Waals surface area contributed by atoms with Crippen LogP contribution in [0.1, 0.15) is 74.0 Å². The molecule has 1 aromatic heterocycles. The predicted molar refractivity (Wildman–Crippen MR) is 134 cm³/mol. The number of likely N-dealkylation sites (tertiary alicyclic amines) is 2. The number of nitrogens with one attached hydrogen (secondary N) is 1. The Balaban J connectivity index is 0.864. The van der Waals surface area contributed by atoms with E-state index in [1.807, 2.05) is 12.1 Å². The van der Waals surface area contributed by atoms with Gasteiger partial charge in [-0.3, -0.25) is 0 Å². The monoisotopic (exact) mass is 509 g/mol. The first-order chi connectivity index (χ1) is 17.2. The SMILES string of the molecule is CS(=O)(=O)c1ccc(CC2CCC3(C2)CN(C(=O)N2CC4(CC(c5nnc(C6CC6)[nH]5)C4)C2)C3)cc1. The lowest BCUT2D eigenvalue weighted by Crippen LogP contribution is -2.69. The fourth-order valence-corrected chi connectivity index (χ4v) is 8.07. The molecular weight excluding hydrogens is 474 g/mol. The fourth-order valence-electron chi connectivity index (χ4n) is 7.44. The molecule has 2 aliphatic heterocycles. The summed E-state index contributed by atoms with van der Waals surface area (Å²) in [4.78, 5) is 21.0. The maximum absolute atomic E-state index is 13.1. The fraction of sp³-hybridized carbons (Fsp3) is 0.667. The summed E-state index contributed by atoms with van der Waals surface area (Å²) in [6.07, 6.45) is 10.5. The molecule has 7 rings (SSSR count). The molecule has 192 valence electrons. The van der Waals surface area contributed by atoms with Gasteiger partial charge in [0.25, 0.3) is 0 Å². The third kappa shape index (κ3) is 3.94. The summed E-state index contributed by atoms with van der Waals surface area (Å²) in [5.41, 5.74) is 1.80. The van der Waals surface area contributed by atoms with Crippen LogP contribution in [0.3, 0.4) is 0 Å². The number of carbonyl (C=O) groups is 1. The van der Waals surface area contributed by atoms with Crippen LogP contribution < -0.4 is 0 Å². The van der Waals surface area contributed by atoms with Gasteiger partial charge in [0.1, 0.15) is 11.6 Å². The summed E-state index contributed by atoms with van der Waals surface area (Å²) in [6, 6.07) is 7.58. The summed E-state index contributed by atoms with van der Waals surface area (Å²) in [7, 11) is -3.15. The predicted octanol–water partition coefficient (Wildman–Crippen LogP) is 3.73. The van der Waals surface area contributed by atoms with Crippen LogP contribution in [0, 0.1) is 16.7 Å². The molecule has 2 saturated heterocycles. The van der Waals surface area contributed by atoms with Crippen molar-refractivity contribution < 1.29 is 13.2 Å². The Morgan fingerprint density at radius 1 is 0.917 bits per heavy atom. The maximum atomic E-state index is 13.1. The Morgan fingerprint density at radius 2 is 1.53 bits per heavy atom. The van der Waals surface area contributed by atoms with E-state index in [0.29, 0.717) is 33.5 Å². The number of hydrogen-bond donors (Lipinski definition) is 1. The molecule has 3 heterocycles. The molecule has 9 heteroatoms. The van der Waals surface area contributed by atoms with Crippen molar-refractivity contribution in [2.24, 2.45) is 16.7 Å². The van der Waals surface area contributed by atoms with Crippen LogP contribution >= 0.6 is 0 Å². The van der Waals surface area contributed by atoms with Gasteiger partial charge < -0.3 is 14.8 Å². The lowest BCUT2D eigenvalue weighted by atomic mass is 9.57. The minimum atomic E-state index is -3.15. The third-order valence-corrected chi connectivity index (χ3v) is 10.7. The second-order valence-electron chi connectivity index (χ2n) is 12.7. The average molecular weight is 510 g/mol. The number of H-pyrrole nitrogens is 1. The Kier molecular flexibility index (Phi) is 4.92. The van der Waals surface area contributed by atoms with E-state index in [9.17, 15) is 13.2 Å². The van der Waals surface area contributed by atoms with Gasteiger partial charge in [-0.2, -0.15) is 0 Å². The Labute approximate surface area is 212 Å². The highest BCUT2D eigenvalue weighted by Crippen LogP contribution is 2.56. The standard InChI is InChI=1S/C27H35N5O3S/c1-36(34,35)22-6-2-18(3-7-22)10-19-8-9-26(11-19)14-31(15-26)25(33)32-16-27(17-32)12-21(13-27)24-28-23(29-30-24)20-4-5-20/h2-3,6-7,19-21H,4-5,8-17H2,1H3,(H,28,29,30). The van der Waals surface area contributed by atoms with Gasteiger partial charge in [0.05, 0.1) is 4.90 Å². The Bertz CT molecular complexity index is 1280. The number of sulfone groups is 1. The van der Waals surface area contributed by atoms with Crippen LogP contribution in [0.2, 0.25) is 0 Å². The minimum Gasteiger partial charge on any atom is -0.328 e. The Morgan fingerprint density at radius 3 is 2.14 bits per heavy atom. The smallest absolute Gasteiger partial charge is 0.320 e. The van der Waals surface area contributed by atoms with Crippen molar-refractivity contribution in [2.45, 2.75) is 68.1 Å². The van der Waals surface area contributed by atoms with E-state index in [-0.39, 0.29) is 6.03 Å². The third-order valence-electron chi connectivity index (χ3n) is 9.56. The first-order valence-electron chi connectivity index (χ1n) is 13.4. The number of benzene rings is 1. The zero-order valence-electron chi connectivity index (χ0n) is 20.9. The van der Waals surface area contributed by atoms with Crippen LogP contribution in [0.25, 0.3) is 0 Å². The molecule has 5 fully saturated rings. The number of aromatic amines is 1. The lowest BCUT2D eigenvalue weighted by molar-refractivity contribution is -0.0706. The normalized spacial score (nSPS) is 26.6. The molecule has 2 aromatic rings. The molecule has 2 spiro atoms. The number of amides is 2. The first-order valence-corrected chi connectivity index (χ1v) is 15.3. The molecule has 5 aliphatic rings. The van der Waals surface area contributed by atoms with E-state index >= 15 is 0 Å². The molecule has 1 atom stereocenters. The molecule has 36 heavy (non-hydrogen) atoms. The van der Waals surface area contributed by atoms with E-state index in [0.717, 1.165) is 63.5 Å². The van der Waals surface area contributed by atoms with E-state index < -0.39 is 9.84 Å². The van der Waals surface area contributed by atoms with Gasteiger partial charge in [-0.15, -0.1) is 10.2 Å². The van der Waals surface area contributed by atoms with Crippen LogP contribution in [-0.2, 0) is 16.3 Å². The molecule has 1 unspecified atom stereocenters. The highest BCUT2D eigenvalue weighted by Gasteiger charge is 2.57.